The lowest BCUT2D eigenvalue weighted by atomic mass is 10.2. The minimum Gasteiger partial charge on any atom is -0.494 e. The van der Waals surface area contributed by atoms with Gasteiger partial charge in [0, 0.05) is 46.0 Å². The highest BCUT2D eigenvalue weighted by molar-refractivity contribution is 7.89. The van der Waals surface area contributed by atoms with Crippen LogP contribution in [-0.4, -0.2) is 69.5 Å². The summed E-state index contributed by atoms with van der Waals surface area (Å²) in [6.07, 6.45) is 1.46. The molecule has 1 aromatic carbocycles. The second-order valence-electron chi connectivity index (χ2n) is 6.99. The first-order chi connectivity index (χ1) is 13.4. The van der Waals surface area contributed by atoms with Gasteiger partial charge in [-0.25, -0.2) is 13.4 Å². The molecule has 0 unspecified atom stereocenters. The van der Waals surface area contributed by atoms with Gasteiger partial charge in [0.1, 0.15) is 16.5 Å². The molecule has 0 radical (unpaired) electrons. The predicted molar refractivity (Wildman–Crippen MR) is 110 cm³/mol. The number of benzene rings is 1. The third kappa shape index (κ3) is 4.81. The smallest absolute Gasteiger partial charge is 0.244 e. The number of hydrogen-bond acceptors (Lipinski definition) is 6. The van der Waals surface area contributed by atoms with E-state index in [4.69, 9.17) is 4.74 Å². The number of sulfonamides is 1. The van der Waals surface area contributed by atoms with Gasteiger partial charge in [-0.3, -0.25) is 0 Å². The van der Waals surface area contributed by atoms with Gasteiger partial charge in [0.15, 0.2) is 0 Å². The molecule has 0 aliphatic carbocycles. The normalized spacial score (nSPS) is 16.1. The van der Waals surface area contributed by atoms with E-state index >= 15 is 0 Å². The number of nitrogens with zero attached hydrogens (tertiary/aromatic N) is 4. The summed E-state index contributed by atoms with van der Waals surface area (Å²) in [6, 6.07) is 11.3. The lowest BCUT2D eigenvalue weighted by Crippen LogP contribution is -2.47. The molecule has 2 heterocycles. The highest BCUT2D eigenvalue weighted by atomic mass is 32.2. The van der Waals surface area contributed by atoms with Crippen LogP contribution >= 0.6 is 0 Å². The van der Waals surface area contributed by atoms with Gasteiger partial charge in [0.2, 0.25) is 10.0 Å². The Hall–Kier alpha value is -2.16. The van der Waals surface area contributed by atoms with Crippen LogP contribution < -0.4 is 9.64 Å². The molecule has 7 nitrogen and oxygen atoms in total. The Balaban J connectivity index is 1.66. The van der Waals surface area contributed by atoms with Crippen LogP contribution in [-0.2, 0) is 16.6 Å². The van der Waals surface area contributed by atoms with Gasteiger partial charge in [-0.1, -0.05) is 12.1 Å². The maximum atomic E-state index is 12.8. The summed E-state index contributed by atoms with van der Waals surface area (Å²) < 4.78 is 32.6. The molecular weight excluding hydrogens is 376 g/mol. The van der Waals surface area contributed by atoms with Crippen molar-refractivity contribution < 1.29 is 13.2 Å². The predicted octanol–water partition coefficient (Wildman–Crippen LogP) is 2.05. The van der Waals surface area contributed by atoms with Crippen molar-refractivity contribution in [2.45, 2.75) is 18.4 Å². The van der Waals surface area contributed by atoms with Gasteiger partial charge in [-0.05, 0) is 43.8 Å². The summed E-state index contributed by atoms with van der Waals surface area (Å²) in [7, 11) is 0.453. The molecule has 1 aromatic heterocycles. The van der Waals surface area contributed by atoms with Crippen LogP contribution in [0, 0.1) is 0 Å². The summed E-state index contributed by atoms with van der Waals surface area (Å²) in [6.45, 7) is 5.79. The Labute approximate surface area is 167 Å². The van der Waals surface area contributed by atoms with Crippen molar-refractivity contribution in [2.24, 2.45) is 0 Å². The van der Waals surface area contributed by atoms with Crippen molar-refractivity contribution >= 4 is 15.8 Å². The van der Waals surface area contributed by atoms with Crippen LogP contribution in [0.15, 0.2) is 47.5 Å². The van der Waals surface area contributed by atoms with Crippen molar-refractivity contribution in [1.29, 1.82) is 0 Å². The molecule has 0 N–H and O–H groups in total. The first-order valence-electron chi connectivity index (χ1n) is 9.48. The van der Waals surface area contributed by atoms with Crippen LogP contribution in [0.4, 0.5) is 5.82 Å². The maximum absolute atomic E-state index is 12.8. The molecule has 3 rings (SSSR count). The van der Waals surface area contributed by atoms with Crippen LogP contribution in [0.5, 0.6) is 5.75 Å². The highest BCUT2D eigenvalue weighted by Gasteiger charge is 2.27. The zero-order valence-corrected chi connectivity index (χ0v) is 17.5. The average Bonchev–Trinajstić information content (AvgIpc) is 2.70. The van der Waals surface area contributed by atoms with Crippen molar-refractivity contribution in [3.8, 4) is 5.75 Å². The highest BCUT2D eigenvalue weighted by Crippen LogP contribution is 2.20. The fourth-order valence-corrected chi connectivity index (χ4v) is 4.51. The third-order valence-corrected chi connectivity index (χ3v) is 6.75. The van der Waals surface area contributed by atoms with Crippen molar-refractivity contribution in [3.05, 3.63) is 48.2 Å². The van der Waals surface area contributed by atoms with E-state index in [-0.39, 0.29) is 4.90 Å². The van der Waals surface area contributed by atoms with Gasteiger partial charge >= 0.3 is 0 Å². The van der Waals surface area contributed by atoms with Crippen LogP contribution in [0.3, 0.4) is 0 Å². The number of rotatable bonds is 7. The monoisotopic (exact) mass is 404 g/mol. The van der Waals surface area contributed by atoms with E-state index in [9.17, 15) is 8.42 Å². The Kier molecular flexibility index (Phi) is 6.53. The lowest BCUT2D eigenvalue weighted by Gasteiger charge is -2.31. The molecule has 2 aromatic rings. The van der Waals surface area contributed by atoms with E-state index in [1.165, 1.54) is 10.5 Å². The Bertz CT molecular complexity index is 861. The minimum absolute atomic E-state index is 0.246. The number of aromatic nitrogens is 1. The first kappa shape index (κ1) is 20.6. The fraction of sp³-hybridized carbons (Fsp3) is 0.450. The summed E-state index contributed by atoms with van der Waals surface area (Å²) in [5.74, 6) is 1.58. The molecule has 0 saturated carbocycles. The minimum atomic E-state index is -3.49. The molecule has 1 aliphatic rings. The van der Waals surface area contributed by atoms with Crippen LogP contribution in [0.2, 0.25) is 0 Å². The topological polar surface area (TPSA) is 66.0 Å². The molecule has 1 fully saturated rings. The second-order valence-corrected chi connectivity index (χ2v) is 8.93. The van der Waals surface area contributed by atoms with Gasteiger partial charge in [0.25, 0.3) is 0 Å². The van der Waals surface area contributed by atoms with Crippen LogP contribution in [0.25, 0.3) is 0 Å². The molecule has 28 heavy (non-hydrogen) atoms. The lowest BCUT2D eigenvalue weighted by molar-refractivity contribution is 0.222. The maximum Gasteiger partial charge on any atom is 0.244 e. The van der Waals surface area contributed by atoms with E-state index in [2.05, 4.69) is 9.88 Å². The van der Waals surface area contributed by atoms with E-state index in [0.29, 0.717) is 26.2 Å². The van der Waals surface area contributed by atoms with E-state index in [1.807, 2.05) is 50.2 Å². The number of likely N-dealkylation sites (N-methyl/N-ethyl adjacent to an activating group) is 1. The summed E-state index contributed by atoms with van der Waals surface area (Å²) in [5, 5.41) is 0. The van der Waals surface area contributed by atoms with E-state index in [1.54, 1.807) is 12.1 Å². The number of piperazine rings is 1. The summed E-state index contributed by atoms with van der Waals surface area (Å²) in [5.41, 5.74) is 1.13. The Morgan fingerprint density at radius 1 is 1.07 bits per heavy atom. The molecular formula is C20H28N4O3S. The average molecular weight is 405 g/mol. The molecule has 0 bridgehead atoms. The van der Waals surface area contributed by atoms with Crippen molar-refractivity contribution in [2.75, 3.05) is 51.8 Å². The second kappa shape index (κ2) is 8.89. The van der Waals surface area contributed by atoms with Gasteiger partial charge < -0.3 is 14.5 Å². The van der Waals surface area contributed by atoms with Crippen molar-refractivity contribution in [1.82, 2.24) is 14.2 Å². The van der Waals surface area contributed by atoms with Crippen LogP contribution in [0.1, 0.15) is 12.5 Å². The molecule has 152 valence electrons. The molecule has 0 atom stereocenters. The van der Waals surface area contributed by atoms with E-state index in [0.717, 1.165) is 30.2 Å². The SMILES string of the molecule is CCOc1ccc(CN(C)c2ccc(S(=O)(=O)N3CCN(C)CC3)cn2)cc1. The fourth-order valence-electron chi connectivity index (χ4n) is 3.14. The van der Waals surface area contributed by atoms with Gasteiger partial charge in [-0.15, -0.1) is 0 Å². The number of pyridine rings is 1. The van der Waals surface area contributed by atoms with Gasteiger partial charge in [-0.2, -0.15) is 4.31 Å². The van der Waals surface area contributed by atoms with E-state index < -0.39 is 10.0 Å². The number of ether oxygens (including phenoxy) is 1. The first-order valence-corrected chi connectivity index (χ1v) is 10.9. The third-order valence-electron chi connectivity index (χ3n) is 4.87. The zero-order chi connectivity index (χ0) is 20.1. The molecule has 1 saturated heterocycles. The Morgan fingerprint density at radius 3 is 2.32 bits per heavy atom. The molecule has 1 aliphatic heterocycles. The number of anilines is 1. The largest absolute Gasteiger partial charge is 0.494 e. The summed E-state index contributed by atoms with van der Waals surface area (Å²) >= 11 is 0. The summed E-state index contributed by atoms with van der Waals surface area (Å²) in [4.78, 5) is 8.74. The molecule has 8 heteroatoms. The zero-order valence-electron chi connectivity index (χ0n) is 16.7. The Morgan fingerprint density at radius 2 is 1.75 bits per heavy atom. The van der Waals surface area contributed by atoms with Crippen molar-refractivity contribution in [3.63, 3.8) is 0 Å². The molecule has 0 spiro atoms. The molecule has 0 amide bonds. The standard InChI is InChI=1S/C20H28N4O3S/c1-4-27-18-7-5-17(6-8-18)16-23(3)20-10-9-19(15-21-20)28(25,26)24-13-11-22(2)12-14-24/h5-10,15H,4,11-14,16H2,1-3H3. The quantitative estimate of drug-likeness (QED) is 0.704. The van der Waals surface area contributed by atoms with Gasteiger partial charge in [0.05, 0.1) is 6.61 Å². The number of hydrogen-bond donors (Lipinski definition) is 0.